The molecule has 2 heteroatoms. The summed E-state index contributed by atoms with van der Waals surface area (Å²) in [5.41, 5.74) is 13.2. The molecule has 3 aromatic carbocycles. The molecule has 0 aliphatic heterocycles. The van der Waals surface area contributed by atoms with Crippen LogP contribution in [0, 0.1) is 6.92 Å². The first-order chi connectivity index (χ1) is 12.6. The van der Waals surface area contributed by atoms with E-state index in [0.717, 1.165) is 9.94 Å². The predicted molar refractivity (Wildman–Crippen MR) is 119 cm³/mol. The molecule has 0 fully saturated rings. The highest BCUT2D eigenvalue weighted by atomic mass is 79.9. The van der Waals surface area contributed by atoms with Crippen LogP contribution in [0.1, 0.15) is 55.5 Å². The zero-order valence-electron chi connectivity index (χ0n) is 16.5. The van der Waals surface area contributed by atoms with E-state index in [1.165, 1.54) is 50.1 Å². The maximum Gasteiger partial charge on any atom is 0.113 e. The average Bonchev–Trinajstić information content (AvgIpc) is 2.93. The van der Waals surface area contributed by atoms with Gasteiger partial charge in [0.25, 0.3) is 0 Å². The second-order valence-electron chi connectivity index (χ2n) is 9.14. The number of benzene rings is 3. The first-order valence-electron chi connectivity index (χ1n) is 9.53. The fourth-order valence-corrected chi connectivity index (χ4v) is 5.65. The Labute approximate surface area is 171 Å². The molecule has 0 aromatic heterocycles. The van der Waals surface area contributed by atoms with E-state index in [0.29, 0.717) is 0 Å². The molecule has 2 radical (unpaired) electrons. The summed E-state index contributed by atoms with van der Waals surface area (Å²) in [6.07, 6.45) is 0. The van der Waals surface area contributed by atoms with E-state index in [4.69, 9.17) is 7.85 Å². The van der Waals surface area contributed by atoms with Gasteiger partial charge in [-0.15, -0.1) is 0 Å². The van der Waals surface area contributed by atoms with Crippen LogP contribution in [0.15, 0.2) is 46.9 Å². The van der Waals surface area contributed by atoms with Gasteiger partial charge >= 0.3 is 0 Å². The molecule has 27 heavy (non-hydrogen) atoms. The van der Waals surface area contributed by atoms with E-state index in [1.807, 2.05) is 0 Å². The smallest absolute Gasteiger partial charge is 0.0961 e. The van der Waals surface area contributed by atoms with Crippen LogP contribution in [0.5, 0.6) is 0 Å². The lowest BCUT2D eigenvalue weighted by atomic mass is 9.78. The van der Waals surface area contributed by atoms with Gasteiger partial charge in [-0.1, -0.05) is 67.3 Å². The van der Waals surface area contributed by atoms with Gasteiger partial charge in [-0.2, -0.15) is 0 Å². The van der Waals surface area contributed by atoms with Crippen molar-refractivity contribution in [2.75, 3.05) is 0 Å². The summed E-state index contributed by atoms with van der Waals surface area (Å²) in [5, 5.41) is 0. The molecular formula is C25H22BBr. The maximum atomic E-state index is 6.20. The summed E-state index contributed by atoms with van der Waals surface area (Å²) < 4.78 is 1.15. The molecule has 0 saturated heterocycles. The van der Waals surface area contributed by atoms with Crippen LogP contribution in [-0.2, 0) is 10.8 Å². The largest absolute Gasteiger partial charge is 0.113 e. The van der Waals surface area contributed by atoms with E-state index in [2.05, 4.69) is 93.0 Å². The second-order valence-corrected chi connectivity index (χ2v) is 10.1. The minimum absolute atomic E-state index is 0.00190. The minimum Gasteiger partial charge on any atom is -0.0961 e. The number of hydrogen-bond acceptors (Lipinski definition) is 0. The highest BCUT2D eigenvalue weighted by molar-refractivity contribution is 9.10. The van der Waals surface area contributed by atoms with Gasteiger partial charge in [0.1, 0.15) is 7.85 Å². The van der Waals surface area contributed by atoms with Gasteiger partial charge in [-0.05, 0) is 81.3 Å². The quantitative estimate of drug-likeness (QED) is 0.387. The van der Waals surface area contributed by atoms with Gasteiger partial charge in [0.2, 0.25) is 0 Å². The normalized spacial score (nSPS) is 17.3. The second kappa shape index (κ2) is 5.17. The Hall–Kier alpha value is -1.80. The lowest BCUT2D eigenvalue weighted by Gasteiger charge is -2.24. The lowest BCUT2D eigenvalue weighted by Crippen LogP contribution is -2.18. The van der Waals surface area contributed by atoms with E-state index in [-0.39, 0.29) is 10.8 Å². The van der Waals surface area contributed by atoms with Crippen LogP contribution in [0.2, 0.25) is 0 Å². The van der Waals surface area contributed by atoms with Crippen molar-refractivity contribution >= 4 is 29.2 Å². The van der Waals surface area contributed by atoms with Crippen LogP contribution in [0.4, 0.5) is 0 Å². The van der Waals surface area contributed by atoms with Crippen LogP contribution < -0.4 is 5.46 Å². The van der Waals surface area contributed by atoms with E-state index in [9.17, 15) is 0 Å². The molecule has 2 aliphatic carbocycles. The number of fused-ring (bicyclic) bond motifs is 6. The molecule has 0 bridgehead atoms. The third-order valence-electron chi connectivity index (χ3n) is 6.75. The molecule has 5 rings (SSSR count). The van der Waals surface area contributed by atoms with E-state index < -0.39 is 0 Å². The lowest BCUT2D eigenvalue weighted by molar-refractivity contribution is 0.652. The van der Waals surface area contributed by atoms with Crippen molar-refractivity contribution in [2.24, 2.45) is 0 Å². The highest BCUT2D eigenvalue weighted by Gasteiger charge is 2.42. The van der Waals surface area contributed by atoms with E-state index in [1.54, 1.807) is 0 Å². The molecule has 0 N–H and O–H groups in total. The number of halogens is 1. The summed E-state index contributed by atoms with van der Waals surface area (Å²) in [5.74, 6) is 0. The monoisotopic (exact) mass is 412 g/mol. The SMILES string of the molecule is [B]c1cc(C)c2c(c1)C(C)(C)c1cc3c(cc1-2)C(C)(C)c1cc(Br)ccc1-3. The summed E-state index contributed by atoms with van der Waals surface area (Å²) in [7, 11) is 6.20. The number of aryl methyl sites for hydroxylation is 1. The zero-order chi connectivity index (χ0) is 19.3. The Kier molecular flexibility index (Phi) is 3.32. The van der Waals surface area contributed by atoms with Gasteiger partial charge < -0.3 is 0 Å². The average molecular weight is 413 g/mol. The Morgan fingerprint density at radius 2 is 1.30 bits per heavy atom. The molecule has 0 spiro atoms. The third-order valence-corrected chi connectivity index (χ3v) is 7.24. The topological polar surface area (TPSA) is 0 Å². The molecule has 0 atom stereocenters. The molecule has 0 nitrogen and oxygen atoms in total. The summed E-state index contributed by atoms with van der Waals surface area (Å²) >= 11 is 3.66. The van der Waals surface area contributed by atoms with Crippen LogP contribution in [0.25, 0.3) is 22.3 Å². The molecule has 3 aromatic rings. The molecule has 0 heterocycles. The van der Waals surface area contributed by atoms with Crippen molar-refractivity contribution in [2.45, 2.75) is 45.4 Å². The third kappa shape index (κ3) is 2.11. The van der Waals surface area contributed by atoms with Gasteiger partial charge in [-0.25, -0.2) is 0 Å². The molecule has 132 valence electrons. The standard InChI is InChI=1S/C25H22BBr/c1-13-8-14(26)9-22-23(13)18-12-20-17(11-21(18)25(22,4)5)16-7-6-15(27)10-19(16)24(20,2)3/h6-12H,1-5H3. The minimum atomic E-state index is -0.0396. The maximum absolute atomic E-state index is 6.20. The number of hydrogen-bond donors (Lipinski definition) is 0. The van der Waals surface area contributed by atoms with Crippen LogP contribution in [0.3, 0.4) is 0 Å². The van der Waals surface area contributed by atoms with Gasteiger partial charge in [0.15, 0.2) is 0 Å². The Bertz CT molecular complexity index is 1150. The van der Waals surface area contributed by atoms with Crippen molar-refractivity contribution in [3.05, 3.63) is 74.8 Å². The first-order valence-corrected chi connectivity index (χ1v) is 10.3. The van der Waals surface area contributed by atoms with Crippen molar-refractivity contribution < 1.29 is 0 Å². The fraction of sp³-hybridized carbons (Fsp3) is 0.280. The van der Waals surface area contributed by atoms with Crippen LogP contribution >= 0.6 is 15.9 Å². The fourth-order valence-electron chi connectivity index (χ4n) is 5.29. The van der Waals surface area contributed by atoms with Crippen LogP contribution in [-0.4, -0.2) is 7.85 Å². The summed E-state index contributed by atoms with van der Waals surface area (Å²) in [6.45, 7) is 11.5. The summed E-state index contributed by atoms with van der Waals surface area (Å²) in [6, 6.07) is 15.9. The highest BCUT2D eigenvalue weighted by Crippen LogP contribution is 2.56. The van der Waals surface area contributed by atoms with E-state index >= 15 is 0 Å². The summed E-state index contributed by atoms with van der Waals surface area (Å²) in [4.78, 5) is 0. The first kappa shape index (κ1) is 17.3. The molecule has 0 unspecified atom stereocenters. The van der Waals surface area contributed by atoms with Crippen molar-refractivity contribution in [3.8, 4) is 22.3 Å². The molecule has 0 saturated carbocycles. The predicted octanol–water partition coefficient (Wildman–Crippen LogP) is 6.16. The zero-order valence-corrected chi connectivity index (χ0v) is 18.1. The molecule has 0 amide bonds. The van der Waals surface area contributed by atoms with Gasteiger partial charge in [0.05, 0.1) is 0 Å². The molecular weight excluding hydrogens is 391 g/mol. The van der Waals surface area contributed by atoms with Gasteiger partial charge in [0, 0.05) is 15.3 Å². The Balaban J connectivity index is 1.86. The Morgan fingerprint density at radius 3 is 2.04 bits per heavy atom. The van der Waals surface area contributed by atoms with Gasteiger partial charge in [-0.3, -0.25) is 0 Å². The van der Waals surface area contributed by atoms with Crippen molar-refractivity contribution in [1.29, 1.82) is 0 Å². The molecule has 2 aliphatic rings. The Morgan fingerprint density at radius 1 is 0.704 bits per heavy atom. The van der Waals surface area contributed by atoms with Crippen molar-refractivity contribution in [3.63, 3.8) is 0 Å². The van der Waals surface area contributed by atoms with Crippen molar-refractivity contribution in [1.82, 2.24) is 0 Å². The number of rotatable bonds is 0.